The Hall–Kier alpha value is -4.61. The molecule has 1 saturated heterocycles. The van der Waals surface area contributed by atoms with E-state index in [1.807, 2.05) is 0 Å². The smallest absolute Gasteiger partial charge is 0.341 e. The van der Waals surface area contributed by atoms with Crippen molar-refractivity contribution in [2.24, 2.45) is 5.92 Å². The van der Waals surface area contributed by atoms with Gasteiger partial charge in [0.05, 0.1) is 28.2 Å². The SMILES string of the molecule is CC(C)C[C@@H](C(=O)N1C[C@]2(C[C@H]1C#N)C(=O)Nc1ccccc12)N(C)C(=O)[C@H](C)NC(=O)c1ccc(C(F)(F)F)cc1C(F)(F)F. The average molecular weight is 652 g/mol. The molecule has 4 amide bonds. The number of benzene rings is 2. The zero-order valence-corrected chi connectivity index (χ0v) is 25.2. The lowest BCUT2D eigenvalue weighted by atomic mass is 9.80. The first-order valence-corrected chi connectivity index (χ1v) is 14.3. The fourth-order valence-corrected chi connectivity index (χ4v) is 6.00. The van der Waals surface area contributed by atoms with Gasteiger partial charge in [0, 0.05) is 25.7 Å². The zero-order valence-electron chi connectivity index (χ0n) is 25.2. The average Bonchev–Trinajstić information content (AvgIpc) is 3.51. The number of anilines is 1. The van der Waals surface area contributed by atoms with Gasteiger partial charge in [-0.1, -0.05) is 32.0 Å². The number of likely N-dealkylation sites (tertiary alicyclic amines) is 1. The van der Waals surface area contributed by atoms with Gasteiger partial charge >= 0.3 is 12.4 Å². The maximum atomic E-state index is 14.0. The number of fused-ring (bicyclic) bond motifs is 2. The number of para-hydroxylation sites is 1. The quantitative estimate of drug-likeness (QED) is 0.420. The minimum absolute atomic E-state index is 0.0191. The molecule has 2 aliphatic heterocycles. The topological polar surface area (TPSA) is 123 Å². The highest BCUT2D eigenvalue weighted by Gasteiger charge is 2.56. The van der Waals surface area contributed by atoms with Gasteiger partial charge in [0.2, 0.25) is 17.7 Å². The third kappa shape index (κ3) is 6.38. The minimum Gasteiger partial charge on any atom is -0.341 e. The molecule has 2 N–H and O–H groups in total. The Morgan fingerprint density at radius 3 is 2.33 bits per heavy atom. The number of rotatable bonds is 7. The highest BCUT2D eigenvalue weighted by Crippen LogP contribution is 2.46. The van der Waals surface area contributed by atoms with E-state index in [1.165, 1.54) is 11.9 Å². The highest BCUT2D eigenvalue weighted by atomic mass is 19.4. The summed E-state index contributed by atoms with van der Waals surface area (Å²) in [5.41, 5.74) is -4.53. The molecule has 9 nitrogen and oxygen atoms in total. The summed E-state index contributed by atoms with van der Waals surface area (Å²) < 4.78 is 80.1. The second kappa shape index (κ2) is 12.3. The molecule has 2 heterocycles. The Morgan fingerprint density at radius 1 is 1.09 bits per heavy atom. The van der Waals surface area contributed by atoms with Gasteiger partial charge < -0.3 is 20.4 Å². The minimum atomic E-state index is -5.31. The van der Waals surface area contributed by atoms with Crippen molar-refractivity contribution in [2.45, 2.75) is 69.5 Å². The normalized spacial score (nSPS) is 20.6. The Labute approximate surface area is 260 Å². The van der Waals surface area contributed by atoms with Gasteiger partial charge in [0.1, 0.15) is 18.1 Å². The molecule has 2 aromatic rings. The molecule has 0 radical (unpaired) electrons. The van der Waals surface area contributed by atoms with E-state index in [0.717, 1.165) is 11.8 Å². The van der Waals surface area contributed by atoms with Crippen molar-refractivity contribution < 1.29 is 45.5 Å². The van der Waals surface area contributed by atoms with Crippen LogP contribution in [0.1, 0.15) is 60.7 Å². The number of nitrogens with zero attached hydrogens (tertiary/aromatic N) is 3. The van der Waals surface area contributed by atoms with Crippen LogP contribution in [0.25, 0.3) is 0 Å². The van der Waals surface area contributed by atoms with Crippen LogP contribution >= 0.6 is 0 Å². The van der Waals surface area contributed by atoms with Crippen LogP contribution in [0.3, 0.4) is 0 Å². The highest BCUT2D eigenvalue weighted by molar-refractivity contribution is 6.07. The number of carbonyl (C=O) groups is 4. The number of amides is 4. The van der Waals surface area contributed by atoms with Crippen LogP contribution in [0.4, 0.5) is 32.0 Å². The maximum absolute atomic E-state index is 14.0. The third-order valence-corrected chi connectivity index (χ3v) is 8.33. The standard InChI is InChI=1S/C31H31F6N5O4/c1-16(2)11-24(27(45)42-15-29(13-19(42)14-38)21-7-5-6-8-23(21)40-28(29)46)41(4)26(44)17(3)39-25(43)20-10-9-18(30(32,33)34)12-22(20)31(35,36)37/h5-10,12,16-17,19,24H,11,13,15H2,1-4H3,(H,39,43)(H,40,46)/t17-,19-,24-,29-/m0/s1. The molecule has 4 atom stereocenters. The molecule has 46 heavy (non-hydrogen) atoms. The lowest BCUT2D eigenvalue weighted by Crippen LogP contribution is -2.55. The number of halogens is 6. The molecule has 0 bridgehead atoms. The summed E-state index contributed by atoms with van der Waals surface area (Å²) in [7, 11) is 1.26. The Morgan fingerprint density at radius 2 is 1.74 bits per heavy atom. The summed E-state index contributed by atoms with van der Waals surface area (Å²) >= 11 is 0. The molecule has 0 aliphatic carbocycles. The maximum Gasteiger partial charge on any atom is 0.417 e. The van der Waals surface area contributed by atoms with Crippen LogP contribution in [0.15, 0.2) is 42.5 Å². The lowest BCUT2D eigenvalue weighted by molar-refractivity contribution is -0.146. The molecule has 2 aliphatic rings. The first kappa shape index (κ1) is 34.3. The molecule has 4 rings (SSSR count). The van der Waals surface area contributed by atoms with Gasteiger partial charge in [-0.05, 0) is 49.1 Å². The molecule has 246 valence electrons. The number of carbonyl (C=O) groups excluding carboxylic acids is 4. The van der Waals surface area contributed by atoms with Crippen LogP contribution in [0, 0.1) is 17.2 Å². The molecule has 15 heteroatoms. The first-order valence-electron chi connectivity index (χ1n) is 14.3. The van der Waals surface area contributed by atoms with Gasteiger partial charge in [0.15, 0.2) is 0 Å². The Kier molecular flexibility index (Phi) is 9.16. The number of nitriles is 1. The van der Waals surface area contributed by atoms with Crippen LogP contribution in [0.2, 0.25) is 0 Å². The van der Waals surface area contributed by atoms with E-state index in [9.17, 15) is 50.8 Å². The van der Waals surface area contributed by atoms with Crippen molar-refractivity contribution in [3.8, 4) is 6.07 Å². The third-order valence-electron chi connectivity index (χ3n) is 8.33. The van der Waals surface area contributed by atoms with E-state index in [0.29, 0.717) is 23.4 Å². The van der Waals surface area contributed by atoms with E-state index in [4.69, 9.17) is 0 Å². The van der Waals surface area contributed by atoms with E-state index in [2.05, 4.69) is 16.7 Å². The van der Waals surface area contributed by atoms with Crippen molar-refractivity contribution in [3.63, 3.8) is 0 Å². The number of hydrogen-bond donors (Lipinski definition) is 2. The molecule has 0 unspecified atom stereocenters. The zero-order chi connectivity index (χ0) is 34.4. The van der Waals surface area contributed by atoms with Gasteiger partial charge in [-0.25, -0.2) is 0 Å². The molecule has 1 spiro atoms. The van der Waals surface area contributed by atoms with Crippen molar-refractivity contribution in [3.05, 3.63) is 64.7 Å². The number of hydrogen-bond acceptors (Lipinski definition) is 5. The number of nitrogens with one attached hydrogen (secondary N) is 2. The monoisotopic (exact) mass is 651 g/mol. The summed E-state index contributed by atoms with van der Waals surface area (Å²) in [4.78, 5) is 55.8. The summed E-state index contributed by atoms with van der Waals surface area (Å²) in [6.07, 6.45) is -10.3. The van der Waals surface area contributed by atoms with Crippen LogP contribution in [0.5, 0.6) is 0 Å². The van der Waals surface area contributed by atoms with E-state index in [-0.39, 0.29) is 37.3 Å². The van der Waals surface area contributed by atoms with Gasteiger partial charge in [-0.3, -0.25) is 19.2 Å². The lowest BCUT2D eigenvalue weighted by Gasteiger charge is -2.34. The van der Waals surface area contributed by atoms with Gasteiger partial charge in [0.25, 0.3) is 5.91 Å². The number of alkyl halides is 6. The Bertz CT molecular complexity index is 1600. The summed E-state index contributed by atoms with van der Waals surface area (Å²) in [5.74, 6) is -3.49. The molecule has 0 saturated carbocycles. The van der Waals surface area contributed by atoms with Crippen LogP contribution in [-0.2, 0) is 32.2 Å². The first-order chi connectivity index (χ1) is 21.3. The number of likely N-dealkylation sites (N-methyl/N-ethyl adjacent to an activating group) is 1. The van der Waals surface area contributed by atoms with E-state index in [1.54, 1.807) is 38.1 Å². The fraction of sp³-hybridized carbons (Fsp3) is 0.452. The van der Waals surface area contributed by atoms with E-state index < -0.39 is 70.3 Å². The molecule has 1 fully saturated rings. The van der Waals surface area contributed by atoms with Crippen molar-refractivity contribution >= 4 is 29.3 Å². The van der Waals surface area contributed by atoms with Gasteiger partial charge in [-0.15, -0.1) is 0 Å². The molecule has 2 aromatic carbocycles. The second-order valence-corrected chi connectivity index (χ2v) is 11.9. The molecule has 0 aromatic heterocycles. The van der Waals surface area contributed by atoms with Crippen LogP contribution in [-0.4, -0.2) is 65.1 Å². The van der Waals surface area contributed by atoms with Crippen molar-refractivity contribution in [1.29, 1.82) is 5.26 Å². The largest absolute Gasteiger partial charge is 0.417 e. The molecular formula is C31H31F6N5O4. The predicted molar refractivity (Wildman–Crippen MR) is 152 cm³/mol. The van der Waals surface area contributed by atoms with Crippen molar-refractivity contribution in [1.82, 2.24) is 15.1 Å². The van der Waals surface area contributed by atoms with E-state index >= 15 is 0 Å². The summed E-state index contributed by atoms with van der Waals surface area (Å²) in [6, 6.07) is 5.82. The Balaban J connectivity index is 1.57. The van der Waals surface area contributed by atoms with Crippen LogP contribution < -0.4 is 10.6 Å². The predicted octanol–water partition coefficient (Wildman–Crippen LogP) is 4.73. The molecular weight excluding hydrogens is 620 g/mol. The van der Waals surface area contributed by atoms with Gasteiger partial charge in [-0.2, -0.15) is 31.6 Å². The summed E-state index contributed by atoms with van der Waals surface area (Å²) in [5, 5.41) is 14.9. The van der Waals surface area contributed by atoms with Crippen molar-refractivity contribution in [2.75, 3.05) is 18.9 Å². The fourth-order valence-electron chi connectivity index (χ4n) is 6.00. The summed E-state index contributed by atoms with van der Waals surface area (Å²) in [6.45, 7) is 4.58. The second-order valence-electron chi connectivity index (χ2n) is 11.9.